The molecule has 1 aliphatic carbocycles. The number of nitrogens with zero attached hydrogens (tertiary/aromatic N) is 2. The molecule has 0 saturated heterocycles. The van der Waals surface area contributed by atoms with E-state index in [4.69, 9.17) is 0 Å². The van der Waals surface area contributed by atoms with Crippen LogP contribution in [0.5, 0.6) is 0 Å². The Bertz CT molecular complexity index is 446. The van der Waals surface area contributed by atoms with Crippen LogP contribution in [0.25, 0.3) is 0 Å². The standard InChI is InChI=1S/C13H19BrN2OS/c1-8-12(18-9(2)15-8)13(17)16(3)11-7-5-4-6-10(11)14/h10-11H,4-7H2,1-3H3. The summed E-state index contributed by atoms with van der Waals surface area (Å²) in [5.41, 5.74) is 0.858. The Kier molecular flexibility index (Phi) is 4.43. The summed E-state index contributed by atoms with van der Waals surface area (Å²) in [5, 5.41) is 0.961. The lowest BCUT2D eigenvalue weighted by Crippen LogP contribution is -2.44. The highest BCUT2D eigenvalue weighted by molar-refractivity contribution is 9.09. The molecule has 100 valence electrons. The van der Waals surface area contributed by atoms with Gasteiger partial charge < -0.3 is 4.90 Å². The number of aryl methyl sites for hydroxylation is 2. The van der Waals surface area contributed by atoms with E-state index in [9.17, 15) is 4.79 Å². The highest BCUT2D eigenvalue weighted by Gasteiger charge is 2.30. The fourth-order valence-electron chi connectivity index (χ4n) is 2.54. The molecule has 3 nitrogen and oxygen atoms in total. The van der Waals surface area contributed by atoms with Crippen molar-refractivity contribution in [1.29, 1.82) is 0 Å². The van der Waals surface area contributed by atoms with Gasteiger partial charge in [0.25, 0.3) is 5.91 Å². The number of carbonyl (C=O) groups is 1. The second kappa shape index (κ2) is 5.70. The molecule has 1 aromatic rings. The molecule has 1 saturated carbocycles. The molecule has 1 aliphatic rings. The monoisotopic (exact) mass is 330 g/mol. The van der Waals surface area contributed by atoms with Gasteiger partial charge in [0.1, 0.15) is 4.88 Å². The van der Waals surface area contributed by atoms with E-state index in [1.165, 1.54) is 24.2 Å². The summed E-state index contributed by atoms with van der Waals surface area (Å²) in [7, 11) is 1.92. The molecule has 0 bridgehead atoms. The number of hydrogen-bond donors (Lipinski definition) is 0. The minimum absolute atomic E-state index is 0.120. The van der Waals surface area contributed by atoms with Crippen molar-refractivity contribution in [3.05, 3.63) is 15.6 Å². The van der Waals surface area contributed by atoms with Crippen molar-refractivity contribution in [3.63, 3.8) is 0 Å². The van der Waals surface area contributed by atoms with Crippen LogP contribution in [0.3, 0.4) is 0 Å². The molecule has 18 heavy (non-hydrogen) atoms. The average Bonchev–Trinajstić information content (AvgIpc) is 2.67. The van der Waals surface area contributed by atoms with Gasteiger partial charge in [-0.15, -0.1) is 11.3 Å². The smallest absolute Gasteiger partial charge is 0.265 e. The first-order valence-corrected chi connectivity index (χ1v) is 8.09. The van der Waals surface area contributed by atoms with Gasteiger partial charge in [-0.1, -0.05) is 28.8 Å². The Morgan fingerprint density at radius 2 is 2.06 bits per heavy atom. The van der Waals surface area contributed by atoms with Crippen molar-refractivity contribution >= 4 is 33.2 Å². The lowest BCUT2D eigenvalue weighted by molar-refractivity contribution is 0.0708. The normalized spacial score (nSPS) is 24.0. The van der Waals surface area contributed by atoms with Crippen molar-refractivity contribution < 1.29 is 4.79 Å². The zero-order valence-corrected chi connectivity index (χ0v) is 13.5. The van der Waals surface area contributed by atoms with Gasteiger partial charge in [0.15, 0.2) is 0 Å². The van der Waals surface area contributed by atoms with Crippen LogP contribution in [0, 0.1) is 13.8 Å². The molecule has 1 amide bonds. The number of rotatable bonds is 2. The lowest BCUT2D eigenvalue weighted by atomic mass is 9.94. The van der Waals surface area contributed by atoms with Crippen molar-refractivity contribution in [1.82, 2.24) is 9.88 Å². The number of alkyl halides is 1. The summed E-state index contributed by atoms with van der Waals surface area (Å²) in [6.45, 7) is 3.86. The molecule has 2 rings (SSSR count). The van der Waals surface area contributed by atoms with E-state index in [2.05, 4.69) is 20.9 Å². The van der Waals surface area contributed by atoms with Crippen LogP contribution < -0.4 is 0 Å². The SMILES string of the molecule is Cc1nc(C)c(C(=O)N(C)C2CCCCC2Br)s1. The van der Waals surface area contributed by atoms with Crippen LogP contribution >= 0.6 is 27.3 Å². The number of thiazole rings is 1. The number of carbonyl (C=O) groups excluding carboxylic acids is 1. The molecular weight excluding hydrogens is 312 g/mol. The molecule has 0 spiro atoms. The Hall–Kier alpha value is -0.420. The maximum Gasteiger partial charge on any atom is 0.265 e. The number of hydrogen-bond acceptors (Lipinski definition) is 3. The molecule has 1 aromatic heterocycles. The van der Waals surface area contributed by atoms with Gasteiger partial charge in [0.2, 0.25) is 0 Å². The molecule has 1 heterocycles. The van der Waals surface area contributed by atoms with Crippen LogP contribution in [0.15, 0.2) is 0 Å². The molecule has 0 aliphatic heterocycles. The molecule has 2 unspecified atom stereocenters. The fourth-order valence-corrected chi connectivity index (χ4v) is 4.39. The van der Waals surface area contributed by atoms with Crippen molar-refractivity contribution in [3.8, 4) is 0 Å². The molecule has 2 atom stereocenters. The first kappa shape index (κ1) is 14.0. The van der Waals surface area contributed by atoms with Gasteiger partial charge in [-0.25, -0.2) is 4.98 Å². The van der Waals surface area contributed by atoms with E-state index in [1.54, 1.807) is 0 Å². The Labute approximate surface area is 121 Å². The fraction of sp³-hybridized carbons (Fsp3) is 0.692. The summed E-state index contributed by atoms with van der Waals surface area (Å²) in [6.07, 6.45) is 4.72. The molecular formula is C13H19BrN2OS. The van der Waals surface area contributed by atoms with Gasteiger partial charge in [0, 0.05) is 17.9 Å². The van der Waals surface area contributed by atoms with Crippen molar-refractivity contribution in [2.24, 2.45) is 0 Å². The Morgan fingerprint density at radius 1 is 1.39 bits per heavy atom. The quantitative estimate of drug-likeness (QED) is 0.777. The predicted molar refractivity (Wildman–Crippen MR) is 78.7 cm³/mol. The molecule has 0 aromatic carbocycles. The third-order valence-corrected chi connectivity index (χ3v) is 5.69. The predicted octanol–water partition coefficient (Wildman–Crippen LogP) is 3.54. The summed E-state index contributed by atoms with van der Waals surface area (Å²) in [4.78, 5) is 20.0. The third-order valence-electron chi connectivity index (χ3n) is 3.56. The molecule has 1 fully saturated rings. The maximum atomic E-state index is 12.5. The largest absolute Gasteiger partial charge is 0.337 e. The summed E-state index contributed by atoms with van der Waals surface area (Å²) < 4.78 is 0. The zero-order valence-electron chi connectivity index (χ0n) is 11.1. The molecule has 0 N–H and O–H groups in total. The van der Waals surface area contributed by atoms with Gasteiger partial charge >= 0.3 is 0 Å². The summed E-state index contributed by atoms with van der Waals surface area (Å²) >= 11 is 5.21. The van der Waals surface area contributed by atoms with Crippen LogP contribution in [-0.4, -0.2) is 33.7 Å². The van der Waals surface area contributed by atoms with E-state index in [0.29, 0.717) is 10.9 Å². The van der Waals surface area contributed by atoms with E-state index in [0.717, 1.165) is 28.4 Å². The third kappa shape index (κ3) is 2.77. The zero-order chi connectivity index (χ0) is 13.3. The van der Waals surface area contributed by atoms with Crippen molar-refractivity contribution in [2.75, 3.05) is 7.05 Å². The molecule has 5 heteroatoms. The Balaban J connectivity index is 2.15. The van der Waals surface area contributed by atoms with Crippen LogP contribution in [-0.2, 0) is 0 Å². The second-order valence-corrected chi connectivity index (χ2v) is 7.31. The maximum absolute atomic E-state index is 12.5. The summed E-state index contributed by atoms with van der Waals surface area (Å²) in [6, 6.07) is 0.313. The van der Waals surface area contributed by atoms with Crippen LogP contribution in [0.4, 0.5) is 0 Å². The number of aromatic nitrogens is 1. The first-order valence-electron chi connectivity index (χ1n) is 6.36. The summed E-state index contributed by atoms with van der Waals surface area (Å²) in [5.74, 6) is 0.120. The second-order valence-electron chi connectivity index (χ2n) is 4.93. The van der Waals surface area contributed by atoms with Gasteiger partial charge in [-0.2, -0.15) is 0 Å². The van der Waals surface area contributed by atoms with Crippen LogP contribution in [0.2, 0.25) is 0 Å². The van der Waals surface area contributed by atoms with Gasteiger partial charge in [-0.05, 0) is 26.7 Å². The highest BCUT2D eigenvalue weighted by Crippen LogP contribution is 2.29. The number of halogens is 1. The van der Waals surface area contributed by atoms with Gasteiger partial charge in [0.05, 0.1) is 10.7 Å². The van der Waals surface area contributed by atoms with E-state index >= 15 is 0 Å². The minimum Gasteiger partial charge on any atom is -0.337 e. The molecule has 0 radical (unpaired) electrons. The first-order chi connectivity index (χ1) is 8.50. The minimum atomic E-state index is 0.120. The van der Waals surface area contributed by atoms with E-state index in [1.807, 2.05) is 25.8 Å². The Morgan fingerprint density at radius 3 is 2.61 bits per heavy atom. The highest BCUT2D eigenvalue weighted by atomic mass is 79.9. The van der Waals surface area contributed by atoms with Crippen LogP contribution in [0.1, 0.15) is 46.1 Å². The lowest BCUT2D eigenvalue weighted by Gasteiger charge is -2.35. The van der Waals surface area contributed by atoms with E-state index < -0.39 is 0 Å². The number of amides is 1. The van der Waals surface area contributed by atoms with Gasteiger partial charge in [-0.3, -0.25) is 4.79 Å². The average molecular weight is 331 g/mol. The van der Waals surface area contributed by atoms with E-state index in [-0.39, 0.29) is 5.91 Å². The topological polar surface area (TPSA) is 33.2 Å². The van der Waals surface area contributed by atoms with Crippen molar-refractivity contribution in [2.45, 2.75) is 50.4 Å².